The van der Waals surface area contributed by atoms with E-state index in [2.05, 4.69) is 16.7 Å². The lowest BCUT2D eigenvalue weighted by Crippen LogP contribution is -2.24. The molecule has 0 bridgehead atoms. The van der Waals surface area contributed by atoms with E-state index in [9.17, 15) is 4.79 Å². The summed E-state index contributed by atoms with van der Waals surface area (Å²) in [5.74, 6) is 0.516. The van der Waals surface area contributed by atoms with Crippen molar-refractivity contribution in [2.75, 3.05) is 13.7 Å². The first-order valence-corrected chi connectivity index (χ1v) is 7.33. The molecule has 5 nitrogen and oxygen atoms in total. The van der Waals surface area contributed by atoms with Crippen molar-refractivity contribution in [2.24, 2.45) is 0 Å². The molecule has 0 aromatic heterocycles. The second kappa shape index (κ2) is 8.57. The molecule has 2 aromatic rings. The van der Waals surface area contributed by atoms with E-state index in [4.69, 9.17) is 10.00 Å². The van der Waals surface area contributed by atoms with Crippen LogP contribution in [0.5, 0.6) is 5.75 Å². The van der Waals surface area contributed by atoms with Crippen molar-refractivity contribution in [1.29, 1.82) is 5.26 Å². The van der Waals surface area contributed by atoms with Crippen LogP contribution in [0.4, 0.5) is 0 Å². The number of nitriles is 1. The third-order valence-electron chi connectivity index (χ3n) is 3.31. The van der Waals surface area contributed by atoms with Gasteiger partial charge in [0.1, 0.15) is 5.75 Å². The van der Waals surface area contributed by atoms with E-state index in [-0.39, 0.29) is 12.5 Å². The highest BCUT2D eigenvalue weighted by atomic mass is 16.5. The maximum Gasteiger partial charge on any atom is 0.257 e. The predicted molar refractivity (Wildman–Crippen MR) is 87.7 cm³/mol. The van der Waals surface area contributed by atoms with E-state index >= 15 is 0 Å². The zero-order valence-corrected chi connectivity index (χ0v) is 13.0. The van der Waals surface area contributed by atoms with E-state index < -0.39 is 0 Å². The Kier molecular flexibility index (Phi) is 6.16. The van der Waals surface area contributed by atoms with Gasteiger partial charge in [-0.1, -0.05) is 24.3 Å². The Morgan fingerprint density at radius 2 is 1.61 bits per heavy atom. The number of nitrogens with zero attached hydrogens (tertiary/aromatic N) is 1. The molecule has 0 spiro atoms. The van der Waals surface area contributed by atoms with Gasteiger partial charge >= 0.3 is 0 Å². The van der Waals surface area contributed by atoms with Crippen LogP contribution >= 0.6 is 0 Å². The first-order valence-electron chi connectivity index (χ1n) is 7.33. The molecule has 0 saturated carbocycles. The number of likely N-dealkylation sites (N-methyl/N-ethyl adjacent to an activating group) is 1. The summed E-state index contributed by atoms with van der Waals surface area (Å²) < 4.78 is 5.35. The molecule has 23 heavy (non-hydrogen) atoms. The maximum atomic E-state index is 11.1. The SMILES string of the molecule is CNC(=O)COc1ccc(CNCc2ccc(C#N)cc2)cc1. The van der Waals surface area contributed by atoms with Gasteiger partial charge in [0.05, 0.1) is 11.6 Å². The number of hydrogen-bond acceptors (Lipinski definition) is 4. The van der Waals surface area contributed by atoms with Crippen molar-refractivity contribution in [3.63, 3.8) is 0 Å². The number of hydrogen-bond donors (Lipinski definition) is 2. The van der Waals surface area contributed by atoms with Crippen molar-refractivity contribution >= 4 is 5.91 Å². The lowest BCUT2D eigenvalue weighted by atomic mass is 10.1. The number of carbonyl (C=O) groups excluding carboxylic acids is 1. The Bertz CT molecular complexity index is 673. The smallest absolute Gasteiger partial charge is 0.257 e. The molecule has 0 aliphatic rings. The van der Waals surface area contributed by atoms with Gasteiger partial charge in [-0.2, -0.15) is 5.26 Å². The van der Waals surface area contributed by atoms with E-state index in [1.807, 2.05) is 48.5 Å². The Labute approximate surface area is 135 Å². The highest BCUT2D eigenvalue weighted by molar-refractivity contribution is 5.77. The molecule has 0 saturated heterocycles. The van der Waals surface area contributed by atoms with Gasteiger partial charge in [-0.15, -0.1) is 0 Å². The molecule has 5 heteroatoms. The molecule has 2 rings (SSSR count). The molecule has 0 fully saturated rings. The van der Waals surface area contributed by atoms with Crippen molar-refractivity contribution in [1.82, 2.24) is 10.6 Å². The Hall–Kier alpha value is -2.84. The highest BCUT2D eigenvalue weighted by Gasteiger charge is 2.00. The molecule has 1 amide bonds. The van der Waals surface area contributed by atoms with Gasteiger partial charge in [0.15, 0.2) is 6.61 Å². The lowest BCUT2D eigenvalue weighted by Gasteiger charge is -2.08. The molecule has 0 heterocycles. The number of rotatable bonds is 7. The van der Waals surface area contributed by atoms with Crippen molar-refractivity contribution in [2.45, 2.75) is 13.1 Å². The van der Waals surface area contributed by atoms with E-state index in [1.54, 1.807) is 7.05 Å². The quantitative estimate of drug-likeness (QED) is 0.820. The lowest BCUT2D eigenvalue weighted by molar-refractivity contribution is -0.122. The minimum atomic E-state index is -0.154. The van der Waals surface area contributed by atoms with Gasteiger partial charge in [-0.3, -0.25) is 4.79 Å². The fourth-order valence-electron chi connectivity index (χ4n) is 1.97. The largest absolute Gasteiger partial charge is 0.484 e. The van der Waals surface area contributed by atoms with E-state index in [0.29, 0.717) is 11.3 Å². The molecule has 2 aromatic carbocycles. The van der Waals surface area contributed by atoms with E-state index in [0.717, 1.165) is 24.2 Å². The summed E-state index contributed by atoms with van der Waals surface area (Å²) in [6.45, 7) is 1.49. The predicted octanol–water partition coefficient (Wildman–Crippen LogP) is 1.97. The van der Waals surface area contributed by atoms with Gasteiger partial charge in [0.2, 0.25) is 0 Å². The van der Waals surface area contributed by atoms with Crippen molar-refractivity contribution < 1.29 is 9.53 Å². The molecule has 0 unspecified atom stereocenters. The molecular formula is C18H19N3O2. The maximum absolute atomic E-state index is 11.1. The Morgan fingerprint density at radius 1 is 1.04 bits per heavy atom. The second-order valence-electron chi connectivity index (χ2n) is 5.02. The van der Waals surface area contributed by atoms with Crippen LogP contribution in [0.3, 0.4) is 0 Å². The van der Waals surface area contributed by atoms with Gasteiger partial charge in [0.25, 0.3) is 5.91 Å². The molecular weight excluding hydrogens is 290 g/mol. The van der Waals surface area contributed by atoms with Crippen LogP contribution in [0.2, 0.25) is 0 Å². The first-order chi connectivity index (χ1) is 11.2. The van der Waals surface area contributed by atoms with Gasteiger partial charge in [-0.25, -0.2) is 0 Å². The fraction of sp³-hybridized carbons (Fsp3) is 0.222. The normalized spacial score (nSPS) is 9.91. The topological polar surface area (TPSA) is 74.2 Å². The molecule has 2 N–H and O–H groups in total. The van der Waals surface area contributed by atoms with Crippen molar-refractivity contribution in [3.05, 3.63) is 65.2 Å². The van der Waals surface area contributed by atoms with Gasteiger partial charge in [0, 0.05) is 20.1 Å². The number of ether oxygens (including phenoxy) is 1. The molecule has 0 radical (unpaired) electrons. The fourth-order valence-corrected chi connectivity index (χ4v) is 1.97. The molecule has 118 valence electrons. The molecule has 0 atom stereocenters. The second-order valence-corrected chi connectivity index (χ2v) is 5.02. The van der Waals surface area contributed by atoms with Crippen LogP contribution in [0.15, 0.2) is 48.5 Å². The number of nitrogens with one attached hydrogen (secondary N) is 2. The summed E-state index contributed by atoms with van der Waals surface area (Å²) in [5, 5.41) is 14.6. The summed E-state index contributed by atoms with van der Waals surface area (Å²) in [7, 11) is 1.58. The average Bonchev–Trinajstić information content (AvgIpc) is 2.61. The van der Waals surface area contributed by atoms with Crippen LogP contribution in [0.1, 0.15) is 16.7 Å². The summed E-state index contributed by atoms with van der Waals surface area (Å²) in [4.78, 5) is 11.1. The van der Waals surface area contributed by atoms with Gasteiger partial charge < -0.3 is 15.4 Å². The summed E-state index contributed by atoms with van der Waals surface area (Å²) in [6.07, 6.45) is 0. The van der Waals surface area contributed by atoms with Crippen LogP contribution < -0.4 is 15.4 Å². The molecule has 0 aliphatic heterocycles. The first kappa shape index (κ1) is 16.5. The third-order valence-corrected chi connectivity index (χ3v) is 3.31. The minimum absolute atomic E-state index is 0.0206. The summed E-state index contributed by atoms with van der Waals surface area (Å²) in [5.41, 5.74) is 2.93. The van der Waals surface area contributed by atoms with E-state index in [1.165, 1.54) is 0 Å². The zero-order valence-electron chi connectivity index (χ0n) is 13.0. The molecule has 0 aliphatic carbocycles. The summed E-state index contributed by atoms with van der Waals surface area (Å²) >= 11 is 0. The highest BCUT2D eigenvalue weighted by Crippen LogP contribution is 2.12. The number of benzene rings is 2. The Balaban J connectivity index is 1.77. The zero-order chi connectivity index (χ0) is 16.5. The van der Waals surface area contributed by atoms with Crippen LogP contribution in [0.25, 0.3) is 0 Å². The standard InChI is InChI=1S/C18H19N3O2/c1-20-18(22)13-23-17-8-6-16(7-9-17)12-21-11-15-4-2-14(10-19)3-5-15/h2-9,21H,11-13H2,1H3,(H,20,22). The Morgan fingerprint density at radius 3 is 2.13 bits per heavy atom. The van der Waals surface area contributed by atoms with Gasteiger partial charge in [-0.05, 0) is 35.4 Å². The minimum Gasteiger partial charge on any atom is -0.484 e. The van der Waals surface area contributed by atoms with Crippen LogP contribution in [0, 0.1) is 11.3 Å². The van der Waals surface area contributed by atoms with Crippen LogP contribution in [-0.4, -0.2) is 19.6 Å². The van der Waals surface area contributed by atoms with Crippen LogP contribution in [-0.2, 0) is 17.9 Å². The third kappa shape index (κ3) is 5.46. The average molecular weight is 309 g/mol. The number of amides is 1. The summed E-state index contributed by atoms with van der Waals surface area (Å²) in [6, 6.07) is 17.3. The monoisotopic (exact) mass is 309 g/mol. The van der Waals surface area contributed by atoms with Crippen molar-refractivity contribution in [3.8, 4) is 11.8 Å². The number of carbonyl (C=O) groups is 1.